The summed E-state index contributed by atoms with van der Waals surface area (Å²) in [6, 6.07) is 2.18. The van der Waals surface area contributed by atoms with E-state index in [9.17, 15) is 14.7 Å². The van der Waals surface area contributed by atoms with E-state index in [1.165, 1.54) is 33.3 Å². The highest BCUT2D eigenvalue weighted by atomic mass is 32.2. The summed E-state index contributed by atoms with van der Waals surface area (Å²) < 4.78 is 0. The molecule has 1 atom stereocenters. The zero-order valence-corrected chi connectivity index (χ0v) is 14.6. The lowest BCUT2D eigenvalue weighted by Crippen LogP contribution is -2.19. The summed E-state index contributed by atoms with van der Waals surface area (Å²) in [5.74, 6) is 0.255. The van der Waals surface area contributed by atoms with Crippen LogP contribution in [0.15, 0.2) is 22.8 Å². The van der Waals surface area contributed by atoms with Crippen molar-refractivity contribution in [1.82, 2.24) is 0 Å². The smallest absolute Gasteiger partial charge is 0.351 e. The standard InChI is InChI=1S/C15H15NO4S3/c17-14(18)10-5-16-11(15(19)20)7-22-13(10)4-9-3-8-6-21-2-1-12(8)23-9/h3,5,13H,1-2,4,6-7H2,(H,17,18)(H,19,20). The van der Waals surface area contributed by atoms with Crippen LogP contribution in [0.2, 0.25) is 0 Å². The monoisotopic (exact) mass is 369 g/mol. The van der Waals surface area contributed by atoms with Gasteiger partial charge in [-0.2, -0.15) is 11.8 Å². The van der Waals surface area contributed by atoms with Crippen molar-refractivity contribution < 1.29 is 19.8 Å². The molecule has 0 aliphatic carbocycles. The normalized spacial score (nSPS) is 21.0. The number of hydrogen-bond acceptors (Lipinski definition) is 6. The fourth-order valence-corrected chi connectivity index (χ4v) is 6.23. The third-order valence-electron chi connectivity index (χ3n) is 3.69. The average molecular weight is 369 g/mol. The maximum Gasteiger partial charge on any atom is 0.351 e. The van der Waals surface area contributed by atoms with Crippen molar-refractivity contribution in [3.8, 4) is 0 Å². The van der Waals surface area contributed by atoms with E-state index < -0.39 is 11.9 Å². The zero-order chi connectivity index (χ0) is 16.4. The summed E-state index contributed by atoms with van der Waals surface area (Å²) in [6.07, 6.45) is 2.89. The molecule has 2 N–H and O–H groups in total. The van der Waals surface area contributed by atoms with Gasteiger partial charge in [0.15, 0.2) is 0 Å². The fraction of sp³-hybridized carbons (Fsp3) is 0.400. The van der Waals surface area contributed by atoms with Gasteiger partial charge in [0.25, 0.3) is 0 Å². The third kappa shape index (κ3) is 3.81. The van der Waals surface area contributed by atoms with Crippen LogP contribution in [-0.2, 0) is 28.2 Å². The Hall–Kier alpha value is -1.25. The van der Waals surface area contributed by atoms with Crippen LogP contribution in [0.3, 0.4) is 0 Å². The topological polar surface area (TPSA) is 87.0 Å². The summed E-state index contributed by atoms with van der Waals surface area (Å²) in [5, 5.41) is 18.2. The van der Waals surface area contributed by atoms with Gasteiger partial charge >= 0.3 is 11.9 Å². The lowest BCUT2D eigenvalue weighted by Gasteiger charge is -2.14. The highest BCUT2D eigenvalue weighted by molar-refractivity contribution is 8.00. The molecule has 8 heteroatoms. The number of fused-ring (bicyclic) bond motifs is 1. The number of hydrogen-bond donors (Lipinski definition) is 2. The second kappa shape index (κ2) is 7.11. The van der Waals surface area contributed by atoms with Gasteiger partial charge in [0.1, 0.15) is 5.71 Å². The number of carboxylic acid groups (broad SMARTS) is 2. The van der Waals surface area contributed by atoms with Crippen LogP contribution in [0.1, 0.15) is 15.3 Å². The Balaban J connectivity index is 1.80. The Morgan fingerprint density at radius 3 is 2.78 bits per heavy atom. The van der Waals surface area contributed by atoms with Crippen molar-refractivity contribution in [3.05, 3.63) is 33.2 Å². The van der Waals surface area contributed by atoms with E-state index in [4.69, 9.17) is 5.11 Å². The quantitative estimate of drug-likeness (QED) is 0.848. The lowest BCUT2D eigenvalue weighted by molar-refractivity contribution is -0.133. The molecule has 122 valence electrons. The molecule has 0 bridgehead atoms. The van der Waals surface area contributed by atoms with Gasteiger partial charge in [-0.15, -0.1) is 23.1 Å². The first-order valence-electron chi connectivity index (χ1n) is 7.07. The third-order valence-corrected chi connectivity index (χ3v) is 7.22. The van der Waals surface area contributed by atoms with Crippen molar-refractivity contribution in [1.29, 1.82) is 0 Å². The Kier molecular flexibility index (Phi) is 5.13. The number of carboxylic acids is 2. The number of carbonyl (C=O) groups is 2. The van der Waals surface area contributed by atoms with Crippen molar-refractivity contribution in [2.24, 2.45) is 4.99 Å². The Bertz CT molecular complexity index is 684. The van der Waals surface area contributed by atoms with E-state index >= 15 is 0 Å². The van der Waals surface area contributed by atoms with E-state index in [-0.39, 0.29) is 22.3 Å². The molecule has 3 rings (SSSR count). The summed E-state index contributed by atoms with van der Waals surface area (Å²) in [6.45, 7) is 0. The zero-order valence-electron chi connectivity index (χ0n) is 12.2. The molecule has 23 heavy (non-hydrogen) atoms. The number of rotatable bonds is 4. The minimum absolute atomic E-state index is 0.00174. The number of thiophene rings is 1. The number of aliphatic imine (C=N–C) groups is 1. The molecule has 5 nitrogen and oxygen atoms in total. The first kappa shape index (κ1) is 16.6. The molecular formula is C15H15NO4S3. The van der Waals surface area contributed by atoms with E-state index in [1.54, 1.807) is 11.3 Å². The number of thioether (sulfide) groups is 2. The largest absolute Gasteiger partial charge is 0.478 e. The summed E-state index contributed by atoms with van der Waals surface area (Å²) in [4.78, 5) is 28.9. The van der Waals surface area contributed by atoms with Gasteiger partial charge in [-0.25, -0.2) is 9.59 Å². The van der Waals surface area contributed by atoms with Gasteiger partial charge in [0.05, 0.1) is 5.57 Å². The second-order valence-corrected chi connectivity index (χ2v) is 8.76. The van der Waals surface area contributed by atoms with Gasteiger partial charge in [-0.3, -0.25) is 4.99 Å². The van der Waals surface area contributed by atoms with Crippen LogP contribution < -0.4 is 0 Å². The Labute approximate surface area is 145 Å². The van der Waals surface area contributed by atoms with Crippen LogP contribution >= 0.6 is 34.9 Å². The summed E-state index contributed by atoms with van der Waals surface area (Å²) in [7, 11) is 0. The van der Waals surface area contributed by atoms with Gasteiger partial charge < -0.3 is 10.2 Å². The van der Waals surface area contributed by atoms with Crippen LogP contribution in [0.25, 0.3) is 0 Å². The van der Waals surface area contributed by atoms with E-state index in [1.807, 2.05) is 11.8 Å². The van der Waals surface area contributed by atoms with Gasteiger partial charge in [0.2, 0.25) is 0 Å². The minimum atomic E-state index is -1.09. The first-order valence-corrected chi connectivity index (χ1v) is 10.1. The molecule has 1 aromatic heterocycles. The first-order chi connectivity index (χ1) is 11.0. The van der Waals surface area contributed by atoms with E-state index in [2.05, 4.69) is 11.1 Å². The average Bonchev–Trinajstić information content (AvgIpc) is 2.78. The molecule has 0 fully saturated rings. The van der Waals surface area contributed by atoms with Crippen molar-refractivity contribution in [3.63, 3.8) is 0 Å². The van der Waals surface area contributed by atoms with Gasteiger partial charge in [0, 0.05) is 32.7 Å². The van der Waals surface area contributed by atoms with Crippen LogP contribution in [-0.4, -0.2) is 44.6 Å². The van der Waals surface area contributed by atoms with Crippen LogP contribution in [0, 0.1) is 0 Å². The van der Waals surface area contributed by atoms with Crippen molar-refractivity contribution in [2.45, 2.75) is 23.8 Å². The molecule has 2 aliphatic rings. The Morgan fingerprint density at radius 1 is 1.26 bits per heavy atom. The summed E-state index contributed by atoms with van der Waals surface area (Å²) >= 11 is 5.02. The van der Waals surface area contributed by atoms with Crippen LogP contribution in [0.4, 0.5) is 0 Å². The number of aryl methyl sites for hydroxylation is 1. The Morgan fingerprint density at radius 2 is 2.09 bits per heavy atom. The summed E-state index contributed by atoms with van der Waals surface area (Å²) in [5.41, 5.74) is 1.54. The van der Waals surface area contributed by atoms with Gasteiger partial charge in [-0.05, 0) is 30.2 Å². The molecule has 0 aromatic carbocycles. The van der Waals surface area contributed by atoms with Crippen molar-refractivity contribution in [2.75, 3.05) is 11.5 Å². The molecule has 2 aliphatic heterocycles. The SMILES string of the molecule is O=C(O)C1=CN=C(C(=O)O)CSC1Cc1cc2c(s1)CCSC2. The molecule has 0 radical (unpaired) electrons. The second-order valence-electron chi connectivity index (χ2n) is 5.24. The predicted molar refractivity (Wildman–Crippen MR) is 94.9 cm³/mol. The maximum atomic E-state index is 11.5. The maximum absolute atomic E-state index is 11.5. The highest BCUT2D eigenvalue weighted by Gasteiger charge is 2.27. The van der Waals surface area contributed by atoms with Gasteiger partial charge in [-0.1, -0.05) is 0 Å². The molecule has 0 saturated heterocycles. The van der Waals surface area contributed by atoms with E-state index in [0.29, 0.717) is 6.42 Å². The highest BCUT2D eigenvalue weighted by Crippen LogP contribution is 2.35. The molecule has 0 spiro atoms. The molecule has 3 heterocycles. The number of nitrogens with zero attached hydrogens (tertiary/aromatic N) is 1. The van der Waals surface area contributed by atoms with Crippen LogP contribution in [0.5, 0.6) is 0 Å². The molecule has 1 aromatic rings. The van der Waals surface area contributed by atoms with E-state index in [0.717, 1.165) is 17.9 Å². The van der Waals surface area contributed by atoms with Crippen molar-refractivity contribution >= 4 is 52.5 Å². The number of aliphatic carboxylic acids is 2. The fourth-order valence-electron chi connectivity index (χ4n) is 2.51. The molecule has 0 amide bonds. The molecule has 0 saturated carbocycles. The molecule has 1 unspecified atom stereocenters. The molecular weight excluding hydrogens is 354 g/mol. The minimum Gasteiger partial charge on any atom is -0.478 e. The lowest BCUT2D eigenvalue weighted by atomic mass is 10.1. The predicted octanol–water partition coefficient (Wildman–Crippen LogP) is 2.69.